The Hall–Kier alpha value is -1.87. The third-order valence-corrected chi connectivity index (χ3v) is 4.29. The Balaban J connectivity index is 1.96. The largest absolute Gasteiger partial charge is 0.348 e. The summed E-state index contributed by atoms with van der Waals surface area (Å²) in [6, 6.07) is 14.7. The molecule has 1 unspecified atom stereocenters. The van der Waals surface area contributed by atoms with E-state index in [-0.39, 0.29) is 11.9 Å². The Morgan fingerprint density at radius 3 is 2.57 bits per heavy atom. The van der Waals surface area contributed by atoms with Gasteiger partial charge in [-0.3, -0.25) is 9.69 Å². The average molecular weight is 312 g/mol. The number of amides is 1. The molecule has 0 aliphatic heterocycles. The molecule has 124 valence electrons. The molecule has 3 nitrogen and oxygen atoms in total. The van der Waals surface area contributed by atoms with E-state index in [1.165, 1.54) is 10.8 Å². The lowest BCUT2D eigenvalue weighted by molar-refractivity contribution is -0.122. The van der Waals surface area contributed by atoms with Gasteiger partial charge in [-0.15, -0.1) is 0 Å². The molecule has 0 aliphatic rings. The van der Waals surface area contributed by atoms with Crippen LogP contribution in [0.5, 0.6) is 0 Å². The summed E-state index contributed by atoms with van der Waals surface area (Å²) in [6.07, 6.45) is 2.30. The molecule has 1 amide bonds. The molecule has 0 radical (unpaired) electrons. The Labute approximate surface area is 139 Å². The fraction of sp³-hybridized carbons (Fsp3) is 0.450. The van der Waals surface area contributed by atoms with Gasteiger partial charge in [-0.1, -0.05) is 56.7 Å². The van der Waals surface area contributed by atoms with Crippen LogP contribution in [-0.4, -0.2) is 30.4 Å². The maximum Gasteiger partial charge on any atom is 0.234 e. The van der Waals surface area contributed by atoms with Crippen molar-refractivity contribution in [3.8, 4) is 0 Å². The molecule has 2 aromatic carbocycles. The third-order valence-electron chi connectivity index (χ3n) is 4.29. The Morgan fingerprint density at radius 1 is 1.13 bits per heavy atom. The minimum absolute atomic E-state index is 0.0250. The third kappa shape index (κ3) is 5.07. The highest BCUT2D eigenvalue weighted by Gasteiger charge is 2.13. The highest BCUT2D eigenvalue weighted by atomic mass is 16.2. The maximum atomic E-state index is 12.3. The van der Waals surface area contributed by atoms with Crippen LogP contribution in [0.2, 0.25) is 0 Å². The van der Waals surface area contributed by atoms with Crippen molar-refractivity contribution in [3.05, 3.63) is 48.0 Å². The van der Waals surface area contributed by atoms with Crippen LogP contribution in [0, 0.1) is 0 Å². The summed E-state index contributed by atoms with van der Waals surface area (Å²) in [5, 5.41) is 5.56. The molecule has 2 aromatic rings. The zero-order valence-electron chi connectivity index (χ0n) is 14.5. The SMILES string of the molecule is CCCCN(CC)CC(=O)NC(C)c1ccc2ccccc2c1. The van der Waals surface area contributed by atoms with Gasteiger partial charge in [0, 0.05) is 0 Å². The van der Waals surface area contributed by atoms with Gasteiger partial charge in [0.15, 0.2) is 0 Å². The number of nitrogens with one attached hydrogen (secondary N) is 1. The number of benzene rings is 2. The van der Waals surface area contributed by atoms with Gasteiger partial charge in [-0.05, 0) is 48.8 Å². The molecule has 3 heteroatoms. The lowest BCUT2D eigenvalue weighted by atomic mass is 10.0. The predicted molar refractivity (Wildman–Crippen MR) is 97.5 cm³/mol. The number of hydrogen-bond donors (Lipinski definition) is 1. The second-order valence-corrected chi connectivity index (χ2v) is 6.12. The van der Waals surface area contributed by atoms with Crippen molar-refractivity contribution in [2.45, 2.75) is 39.7 Å². The van der Waals surface area contributed by atoms with Crippen LogP contribution in [0.4, 0.5) is 0 Å². The Morgan fingerprint density at radius 2 is 1.87 bits per heavy atom. The van der Waals surface area contributed by atoms with E-state index in [2.05, 4.69) is 54.4 Å². The molecular formula is C20H28N2O. The van der Waals surface area contributed by atoms with Gasteiger partial charge in [0.1, 0.15) is 0 Å². The van der Waals surface area contributed by atoms with E-state index < -0.39 is 0 Å². The van der Waals surface area contributed by atoms with Crippen LogP contribution in [-0.2, 0) is 4.79 Å². The summed E-state index contributed by atoms with van der Waals surface area (Å²) in [5.74, 6) is 0.101. The van der Waals surface area contributed by atoms with Crippen LogP contribution in [0.15, 0.2) is 42.5 Å². The number of carbonyl (C=O) groups excluding carboxylic acids is 1. The summed E-state index contributed by atoms with van der Waals surface area (Å²) in [6.45, 7) is 8.71. The van der Waals surface area contributed by atoms with Gasteiger partial charge in [-0.2, -0.15) is 0 Å². The minimum Gasteiger partial charge on any atom is -0.348 e. The van der Waals surface area contributed by atoms with Crippen molar-refractivity contribution in [1.29, 1.82) is 0 Å². The van der Waals surface area contributed by atoms with Crippen molar-refractivity contribution in [3.63, 3.8) is 0 Å². The average Bonchev–Trinajstić information content (AvgIpc) is 2.58. The lowest BCUT2D eigenvalue weighted by Gasteiger charge is -2.21. The van der Waals surface area contributed by atoms with E-state index in [1.54, 1.807) is 0 Å². The second-order valence-electron chi connectivity index (χ2n) is 6.12. The molecule has 0 saturated carbocycles. The number of likely N-dealkylation sites (N-methyl/N-ethyl adjacent to an activating group) is 1. The minimum atomic E-state index is 0.0250. The number of unbranched alkanes of at least 4 members (excludes halogenated alkanes) is 1. The van der Waals surface area contributed by atoms with E-state index in [4.69, 9.17) is 0 Å². The van der Waals surface area contributed by atoms with Crippen molar-refractivity contribution >= 4 is 16.7 Å². The van der Waals surface area contributed by atoms with E-state index >= 15 is 0 Å². The lowest BCUT2D eigenvalue weighted by Crippen LogP contribution is -2.38. The summed E-state index contributed by atoms with van der Waals surface area (Å²) >= 11 is 0. The molecule has 0 fully saturated rings. The standard InChI is InChI=1S/C20H28N2O/c1-4-6-13-22(5-2)15-20(23)21-16(3)18-12-11-17-9-7-8-10-19(17)14-18/h7-12,14,16H,4-6,13,15H2,1-3H3,(H,21,23). The number of fused-ring (bicyclic) bond motifs is 1. The Kier molecular flexibility index (Phi) is 6.60. The van der Waals surface area contributed by atoms with E-state index in [9.17, 15) is 4.79 Å². The zero-order chi connectivity index (χ0) is 16.7. The first-order valence-electron chi connectivity index (χ1n) is 8.64. The van der Waals surface area contributed by atoms with Gasteiger partial charge in [0.25, 0.3) is 0 Å². The number of nitrogens with zero attached hydrogens (tertiary/aromatic N) is 1. The molecule has 0 heterocycles. The van der Waals surface area contributed by atoms with Crippen LogP contribution < -0.4 is 5.32 Å². The fourth-order valence-electron chi connectivity index (χ4n) is 2.78. The highest BCUT2D eigenvalue weighted by Crippen LogP contribution is 2.20. The van der Waals surface area contributed by atoms with Crippen molar-refractivity contribution in [1.82, 2.24) is 10.2 Å². The zero-order valence-corrected chi connectivity index (χ0v) is 14.5. The summed E-state index contributed by atoms with van der Waals surface area (Å²) in [7, 11) is 0. The number of hydrogen-bond acceptors (Lipinski definition) is 2. The molecule has 2 rings (SSSR count). The molecule has 0 aromatic heterocycles. The molecule has 0 saturated heterocycles. The normalized spacial score (nSPS) is 12.5. The molecule has 1 atom stereocenters. The summed E-state index contributed by atoms with van der Waals surface area (Å²) in [4.78, 5) is 14.5. The van der Waals surface area contributed by atoms with E-state index in [0.717, 1.165) is 31.5 Å². The number of carbonyl (C=O) groups is 1. The summed E-state index contributed by atoms with van der Waals surface area (Å²) < 4.78 is 0. The first-order chi connectivity index (χ1) is 11.1. The van der Waals surface area contributed by atoms with Gasteiger partial charge in [-0.25, -0.2) is 0 Å². The quantitative estimate of drug-likeness (QED) is 0.794. The molecule has 0 bridgehead atoms. The molecule has 0 aliphatic carbocycles. The van der Waals surface area contributed by atoms with Crippen LogP contribution >= 0.6 is 0 Å². The summed E-state index contributed by atoms with van der Waals surface area (Å²) in [5.41, 5.74) is 1.15. The fourth-order valence-corrected chi connectivity index (χ4v) is 2.78. The van der Waals surface area contributed by atoms with Crippen molar-refractivity contribution in [2.75, 3.05) is 19.6 Å². The molecule has 0 spiro atoms. The topological polar surface area (TPSA) is 32.3 Å². The molecule has 23 heavy (non-hydrogen) atoms. The highest BCUT2D eigenvalue weighted by molar-refractivity contribution is 5.83. The van der Waals surface area contributed by atoms with Gasteiger partial charge >= 0.3 is 0 Å². The Bertz CT molecular complexity index is 638. The smallest absolute Gasteiger partial charge is 0.234 e. The maximum absolute atomic E-state index is 12.3. The molecule has 1 N–H and O–H groups in total. The van der Waals surface area contributed by atoms with Crippen LogP contribution in [0.25, 0.3) is 10.8 Å². The van der Waals surface area contributed by atoms with Gasteiger partial charge in [0.2, 0.25) is 5.91 Å². The van der Waals surface area contributed by atoms with E-state index in [1.807, 2.05) is 19.1 Å². The van der Waals surface area contributed by atoms with Crippen molar-refractivity contribution in [2.24, 2.45) is 0 Å². The van der Waals surface area contributed by atoms with Gasteiger partial charge < -0.3 is 5.32 Å². The predicted octanol–water partition coefficient (Wildman–Crippen LogP) is 4.14. The van der Waals surface area contributed by atoms with Gasteiger partial charge in [0.05, 0.1) is 12.6 Å². The van der Waals surface area contributed by atoms with Crippen LogP contribution in [0.3, 0.4) is 0 Å². The number of rotatable bonds is 8. The van der Waals surface area contributed by atoms with E-state index in [0.29, 0.717) is 6.54 Å². The monoisotopic (exact) mass is 312 g/mol. The molecular weight excluding hydrogens is 284 g/mol. The van der Waals surface area contributed by atoms with Crippen molar-refractivity contribution < 1.29 is 4.79 Å². The first kappa shape index (κ1) is 17.5. The first-order valence-corrected chi connectivity index (χ1v) is 8.64. The second kappa shape index (κ2) is 8.68. The van der Waals surface area contributed by atoms with Crippen LogP contribution in [0.1, 0.15) is 45.2 Å².